The van der Waals surface area contributed by atoms with Gasteiger partial charge in [-0.2, -0.15) is 0 Å². The monoisotopic (exact) mass is 970 g/mol. The molecule has 0 unspecified atom stereocenters. The Kier molecular flexibility index (Phi) is 11.1. The summed E-state index contributed by atoms with van der Waals surface area (Å²) in [7, 11) is 0. The van der Waals surface area contributed by atoms with Crippen LogP contribution in [0.5, 0.6) is 5.75 Å². The number of benzene rings is 5. The zero-order valence-electron chi connectivity index (χ0n) is 36.7. The predicted molar refractivity (Wildman–Crippen MR) is 246 cm³/mol. The van der Waals surface area contributed by atoms with E-state index in [0.717, 1.165) is 61.0 Å². The second kappa shape index (κ2) is 15.6. The third kappa shape index (κ3) is 7.97. The number of hydrogen-bond acceptors (Lipinski definition) is 4. The van der Waals surface area contributed by atoms with Crippen molar-refractivity contribution >= 4 is 21.9 Å². The molecule has 8 rings (SSSR count). The summed E-state index contributed by atoms with van der Waals surface area (Å²) in [6, 6.07) is 42.4. The summed E-state index contributed by atoms with van der Waals surface area (Å²) in [6.07, 6.45) is 5.62. The van der Waals surface area contributed by atoms with Crippen LogP contribution in [0, 0.1) is 6.07 Å². The number of nitrogens with zero attached hydrogens (tertiary/aromatic N) is 4. The molecule has 8 aromatic rings. The van der Waals surface area contributed by atoms with Gasteiger partial charge in [0.25, 0.3) is 0 Å². The van der Waals surface area contributed by atoms with Gasteiger partial charge in [-0.05, 0) is 80.5 Å². The Labute approximate surface area is 370 Å². The fourth-order valence-electron chi connectivity index (χ4n) is 7.99. The number of phenols is 1. The van der Waals surface area contributed by atoms with Crippen molar-refractivity contribution in [3.63, 3.8) is 0 Å². The molecule has 0 aliphatic carbocycles. The van der Waals surface area contributed by atoms with Gasteiger partial charge in [0.1, 0.15) is 11.6 Å². The number of pyridine rings is 2. The van der Waals surface area contributed by atoms with Crippen LogP contribution in [0.1, 0.15) is 104 Å². The third-order valence-corrected chi connectivity index (χ3v) is 11.9. The molecule has 6 heteroatoms. The number of fused-ring (bicyclic) bond motifs is 2. The minimum atomic E-state index is -0.357. The van der Waals surface area contributed by atoms with Gasteiger partial charge in [0, 0.05) is 61.7 Å². The molecule has 0 atom stereocenters. The molecule has 0 radical (unpaired) electrons. The summed E-state index contributed by atoms with van der Waals surface area (Å²) in [4.78, 5) is 15.1. The normalized spacial score (nSPS) is 12.5. The Morgan fingerprint density at radius 2 is 1.15 bits per heavy atom. The average molecular weight is 971 g/mol. The van der Waals surface area contributed by atoms with Crippen LogP contribution in [0.15, 0.2) is 128 Å². The summed E-state index contributed by atoms with van der Waals surface area (Å²) < 4.78 is 2.24. The molecule has 0 saturated heterocycles. The fraction of sp³-hybridized carbons (Fsp3) is 0.278. The molecule has 0 aliphatic rings. The van der Waals surface area contributed by atoms with Gasteiger partial charge in [-0.3, -0.25) is 14.5 Å². The second-order valence-electron chi connectivity index (χ2n) is 19.6. The summed E-state index contributed by atoms with van der Waals surface area (Å²) in [6.45, 7) is 24.6. The van der Waals surface area contributed by atoms with Crippen LogP contribution in [0.4, 0.5) is 0 Å². The Morgan fingerprint density at radius 1 is 0.533 bits per heavy atom. The van der Waals surface area contributed by atoms with Crippen LogP contribution in [-0.2, 0) is 42.7 Å². The predicted octanol–water partition coefficient (Wildman–Crippen LogP) is 13.7. The van der Waals surface area contributed by atoms with E-state index in [-0.39, 0.29) is 48.5 Å². The quantitative estimate of drug-likeness (QED) is 0.169. The zero-order valence-corrected chi connectivity index (χ0v) is 38.9. The summed E-state index contributed by atoms with van der Waals surface area (Å²) in [5.41, 5.74) is 13.3. The minimum Gasteiger partial charge on any atom is -0.507 e. The molecule has 0 spiro atoms. The molecule has 1 N–H and O–H groups in total. The van der Waals surface area contributed by atoms with Crippen LogP contribution in [0.3, 0.4) is 0 Å². The molecule has 0 saturated carbocycles. The standard InChI is InChI=1S/C54H55N4O.Pt/c1-51(2,3)37-19-22-42(23-20-37)58-46-31-40(53(7,8)9)30-43(49(46)57-50(58)44-29-39(52(4,5)6)21-24-47(44)59)35-26-36(45-33-55-32-34-16-15-25-56-48(34)45)28-41(27-35)54(10,11)38-17-13-12-14-18-38;/h12-25,27-33,59H,1-11H3;/q-1;. The number of hydrogen-bond donors (Lipinski definition) is 1. The van der Waals surface area contributed by atoms with Gasteiger partial charge in [-0.1, -0.05) is 142 Å². The maximum atomic E-state index is 11.7. The maximum absolute atomic E-state index is 11.7. The number of rotatable bonds is 6. The van der Waals surface area contributed by atoms with Crippen LogP contribution in [-0.4, -0.2) is 24.6 Å². The SMILES string of the molecule is CC(C)(C)c1ccc(-n2c(-c3cc(C(C)(C)C)ccc3O)nc3c(-c4[c-]c(-c5cncc6cccnc56)cc(C(C)(C)c5ccccc5)c4)cc(C(C)(C)C)cc32)cc1.[Pt]. The Balaban J connectivity index is 0.00000544. The van der Waals surface area contributed by atoms with Crippen molar-refractivity contribution in [1.29, 1.82) is 0 Å². The first-order chi connectivity index (χ1) is 27.8. The zero-order chi connectivity index (χ0) is 42.1. The van der Waals surface area contributed by atoms with E-state index in [1.165, 1.54) is 16.7 Å². The van der Waals surface area contributed by atoms with Crippen LogP contribution < -0.4 is 0 Å². The molecule has 0 bridgehead atoms. The van der Waals surface area contributed by atoms with Crippen molar-refractivity contribution in [3.05, 3.63) is 162 Å². The smallest absolute Gasteiger partial charge is 0.148 e. The van der Waals surface area contributed by atoms with Crippen molar-refractivity contribution in [1.82, 2.24) is 19.5 Å². The van der Waals surface area contributed by atoms with E-state index in [1.807, 2.05) is 36.8 Å². The van der Waals surface area contributed by atoms with Crippen molar-refractivity contribution in [2.45, 2.75) is 97.8 Å². The van der Waals surface area contributed by atoms with Crippen molar-refractivity contribution < 1.29 is 26.2 Å². The van der Waals surface area contributed by atoms with E-state index in [1.54, 1.807) is 0 Å². The van der Waals surface area contributed by atoms with Gasteiger partial charge in [-0.25, -0.2) is 4.98 Å². The number of phenolic OH excluding ortho intramolecular Hbond substituents is 1. The number of imidazole rings is 1. The molecule has 0 fully saturated rings. The maximum Gasteiger partial charge on any atom is 0.148 e. The largest absolute Gasteiger partial charge is 0.507 e. The summed E-state index contributed by atoms with van der Waals surface area (Å²) in [5.74, 6) is 0.873. The Hall–Kier alpha value is -5.38. The van der Waals surface area contributed by atoms with E-state index in [0.29, 0.717) is 11.4 Å². The molecule has 3 aromatic heterocycles. The molecular formula is C54H55N4OPt-. The molecule has 308 valence electrons. The van der Waals surface area contributed by atoms with Gasteiger partial charge in [0.2, 0.25) is 0 Å². The van der Waals surface area contributed by atoms with Crippen molar-refractivity contribution in [3.8, 4) is 45.1 Å². The minimum absolute atomic E-state index is 0. The van der Waals surface area contributed by atoms with E-state index in [2.05, 4.69) is 183 Å². The van der Waals surface area contributed by atoms with Gasteiger partial charge >= 0.3 is 0 Å². The molecule has 0 amide bonds. The molecule has 5 nitrogen and oxygen atoms in total. The fourth-order valence-corrected chi connectivity index (χ4v) is 7.99. The Bertz CT molecular complexity index is 2850. The van der Waals surface area contributed by atoms with Gasteiger partial charge in [-0.15, -0.1) is 34.9 Å². The third-order valence-electron chi connectivity index (χ3n) is 11.9. The van der Waals surface area contributed by atoms with Gasteiger partial charge in [0.15, 0.2) is 0 Å². The van der Waals surface area contributed by atoms with Gasteiger partial charge in [0.05, 0.1) is 16.6 Å². The van der Waals surface area contributed by atoms with Crippen LogP contribution in [0.2, 0.25) is 0 Å². The topological polar surface area (TPSA) is 63.8 Å². The first-order valence-electron chi connectivity index (χ1n) is 20.7. The first kappa shape index (κ1) is 42.7. The van der Waals surface area contributed by atoms with Gasteiger partial charge < -0.3 is 5.11 Å². The van der Waals surface area contributed by atoms with E-state index in [9.17, 15) is 5.11 Å². The molecular weight excluding hydrogens is 916 g/mol. The van der Waals surface area contributed by atoms with E-state index < -0.39 is 0 Å². The second-order valence-corrected chi connectivity index (χ2v) is 19.6. The average Bonchev–Trinajstić information content (AvgIpc) is 3.59. The molecule has 60 heavy (non-hydrogen) atoms. The Morgan fingerprint density at radius 3 is 1.80 bits per heavy atom. The van der Waals surface area contributed by atoms with E-state index in [4.69, 9.17) is 9.97 Å². The van der Waals surface area contributed by atoms with Crippen molar-refractivity contribution in [2.24, 2.45) is 0 Å². The molecule has 0 aliphatic heterocycles. The molecule has 5 aromatic carbocycles. The van der Waals surface area contributed by atoms with E-state index >= 15 is 0 Å². The summed E-state index contributed by atoms with van der Waals surface area (Å²) >= 11 is 0. The number of aromatic hydroxyl groups is 1. The van der Waals surface area contributed by atoms with Crippen molar-refractivity contribution in [2.75, 3.05) is 0 Å². The van der Waals surface area contributed by atoms with Crippen LogP contribution >= 0.6 is 0 Å². The first-order valence-corrected chi connectivity index (χ1v) is 20.7. The van der Waals surface area contributed by atoms with Crippen LogP contribution in [0.25, 0.3) is 61.3 Å². The summed E-state index contributed by atoms with van der Waals surface area (Å²) in [5, 5.41) is 12.7. The number of aromatic nitrogens is 4. The molecule has 3 heterocycles.